The zero-order valence-electron chi connectivity index (χ0n) is 19.3. The van der Waals surface area contributed by atoms with E-state index in [1.54, 1.807) is 0 Å². The summed E-state index contributed by atoms with van der Waals surface area (Å²) in [6.07, 6.45) is 7.60. The van der Waals surface area contributed by atoms with E-state index in [0.29, 0.717) is 12.5 Å². The van der Waals surface area contributed by atoms with Gasteiger partial charge in [0.15, 0.2) is 0 Å². The largest absolute Gasteiger partial charge is 0.361 e. The number of aromatic amines is 1. The minimum atomic E-state index is -0.250. The number of para-hydroxylation sites is 2. The Morgan fingerprint density at radius 3 is 2.50 bits per heavy atom. The summed E-state index contributed by atoms with van der Waals surface area (Å²) < 4.78 is 0. The van der Waals surface area contributed by atoms with Gasteiger partial charge in [0.25, 0.3) is 0 Å². The first-order chi connectivity index (χ1) is 16.7. The average molecular weight is 452 g/mol. The van der Waals surface area contributed by atoms with Gasteiger partial charge in [-0.3, -0.25) is 9.78 Å². The molecule has 0 bridgehead atoms. The lowest BCUT2D eigenvalue weighted by molar-refractivity contribution is -0.148. The molecule has 2 aromatic heterocycles. The molecule has 4 heterocycles. The normalized spacial score (nSPS) is 18.1. The van der Waals surface area contributed by atoms with Crippen LogP contribution in [0.15, 0.2) is 73.1 Å². The molecule has 0 atom stereocenters. The maximum Gasteiger partial charge on any atom is 0.229 e. The summed E-state index contributed by atoms with van der Waals surface area (Å²) in [6, 6.07) is 20.5. The van der Waals surface area contributed by atoms with Gasteiger partial charge in [-0.05, 0) is 55.5 Å². The number of fused-ring (bicyclic) bond motifs is 1. The van der Waals surface area contributed by atoms with Crippen LogP contribution in [-0.4, -0.2) is 45.4 Å². The molecule has 2 aliphatic rings. The second kappa shape index (κ2) is 8.60. The zero-order chi connectivity index (χ0) is 23.0. The van der Waals surface area contributed by atoms with Crippen molar-refractivity contribution in [2.24, 2.45) is 5.41 Å². The molecule has 2 aromatic carbocycles. The van der Waals surface area contributed by atoms with Crippen LogP contribution in [0.3, 0.4) is 0 Å². The second-order valence-electron chi connectivity index (χ2n) is 9.56. The van der Waals surface area contributed by atoms with Crippen molar-refractivity contribution in [2.75, 3.05) is 24.5 Å². The number of benzene rings is 2. The minimum Gasteiger partial charge on any atom is -0.361 e. The smallest absolute Gasteiger partial charge is 0.229 e. The van der Waals surface area contributed by atoms with E-state index in [-0.39, 0.29) is 5.41 Å². The van der Waals surface area contributed by atoms with E-state index < -0.39 is 0 Å². The third kappa shape index (κ3) is 3.73. The number of nitrogens with one attached hydrogen (secondary N) is 1. The highest BCUT2D eigenvalue weighted by Crippen LogP contribution is 2.42. The Morgan fingerprint density at radius 2 is 1.68 bits per heavy atom. The average Bonchev–Trinajstić information content (AvgIpc) is 3.42. The molecule has 2 aliphatic heterocycles. The van der Waals surface area contributed by atoms with Crippen LogP contribution in [0.5, 0.6) is 0 Å². The van der Waals surface area contributed by atoms with Gasteiger partial charge >= 0.3 is 0 Å². The predicted molar refractivity (Wildman–Crippen MR) is 134 cm³/mol. The number of piperidine rings is 2. The third-order valence-corrected chi connectivity index (χ3v) is 7.57. The number of hydrogen-bond acceptors (Lipinski definition) is 4. The molecule has 4 aromatic rings. The predicted octanol–water partition coefficient (Wildman–Crippen LogP) is 5.03. The number of rotatable bonds is 4. The first-order valence-corrected chi connectivity index (χ1v) is 12.2. The molecule has 1 N–H and O–H groups in total. The fourth-order valence-electron chi connectivity index (χ4n) is 5.65. The Balaban J connectivity index is 1.18. The van der Waals surface area contributed by atoms with E-state index in [1.165, 1.54) is 11.1 Å². The second-order valence-corrected chi connectivity index (χ2v) is 9.56. The summed E-state index contributed by atoms with van der Waals surface area (Å²) in [5.41, 5.74) is 5.04. The van der Waals surface area contributed by atoms with Gasteiger partial charge in [0, 0.05) is 43.6 Å². The lowest BCUT2D eigenvalue weighted by Crippen LogP contribution is -2.53. The highest BCUT2D eigenvalue weighted by atomic mass is 16.2. The van der Waals surface area contributed by atoms with Crippen LogP contribution in [0.1, 0.15) is 31.2 Å². The van der Waals surface area contributed by atoms with Gasteiger partial charge in [-0.15, -0.1) is 0 Å². The van der Waals surface area contributed by atoms with Gasteiger partial charge in [0.1, 0.15) is 5.82 Å². The van der Waals surface area contributed by atoms with Crippen molar-refractivity contribution in [3.63, 3.8) is 0 Å². The molecule has 0 saturated carbocycles. The number of nitrogens with zero attached hydrogens (tertiary/aromatic N) is 4. The molecule has 0 aliphatic carbocycles. The molecule has 1 spiro atoms. The maximum atomic E-state index is 13.8. The molecule has 172 valence electrons. The summed E-state index contributed by atoms with van der Waals surface area (Å²) in [4.78, 5) is 30.9. The number of hydrogen-bond donors (Lipinski definition) is 1. The molecule has 6 rings (SSSR count). The van der Waals surface area contributed by atoms with Gasteiger partial charge in [0.05, 0.1) is 22.6 Å². The van der Waals surface area contributed by atoms with Gasteiger partial charge in [0.2, 0.25) is 5.91 Å². The van der Waals surface area contributed by atoms with Crippen molar-refractivity contribution < 1.29 is 4.79 Å². The number of carbonyl (C=O) groups excluding carboxylic acids is 1. The Hall–Kier alpha value is -3.67. The van der Waals surface area contributed by atoms with Crippen LogP contribution in [0.2, 0.25) is 0 Å². The van der Waals surface area contributed by atoms with Crippen molar-refractivity contribution in [2.45, 2.75) is 32.2 Å². The quantitative estimate of drug-likeness (QED) is 0.472. The molecule has 1 amide bonds. The molecule has 0 unspecified atom stereocenters. The number of aromatic nitrogens is 3. The zero-order valence-corrected chi connectivity index (χ0v) is 19.3. The maximum absolute atomic E-state index is 13.8. The van der Waals surface area contributed by atoms with Crippen molar-refractivity contribution in [1.82, 2.24) is 19.9 Å². The summed E-state index contributed by atoms with van der Waals surface area (Å²) in [5, 5.41) is 0. The lowest BCUT2D eigenvalue weighted by Gasteiger charge is -2.46. The lowest BCUT2D eigenvalue weighted by atomic mass is 9.71. The molecule has 0 radical (unpaired) electrons. The van der Waals surface area contributed by atoms with Crippen LogP contribution in [0, 0.1) is 5.41 Å². The van der Waals surface area contributed by atoms with E-state index in [1.807, 2.05) is 42.7 Å². The van der Waals surface area contributed by atoms with Crippen molar-refractivity contribution >= 4 is 22.8 Å². The molecular formula is C28H29N5O. The summed E-state index contributed by atoms with van der Waals surface area (Å²) >= 11 is 0. The first-order valence-electron chi connectivity index (χ1n) is 12.2. The molecule has 2 fully saturated rings. The highest BCUT2D eigenvalue weighted by Gasteiger charge is 2.45. The van der Waals surface area contributed by atoms with Gasteiger partial charge in [-0.25, -0.2) is 4.98 Å². The van der Waals surface area contributed by atoms with E-state index in [4.69, 9.17) is 4.98 Å². The van der Waals surface area contributed by atoms with Crippen LogP contribution in [0.25, 0.3) is 22.3 Å². The van der Waals surface area contributed by atoms with E-state index in [9.17, 15) is 4.79 Å². The standard InChI is InChI=1S/C28H29N5O/c34-27-28(13-17-32(18-14-28)26-19-30-24-9-3-4-10-25(24)31-26)12-6-16-33(27)20-21-7-1-2-8-22(21)23-11-5-15-29-23/h1-5,7-11,15,19,29H,6,12-14,16-18,20H2. The van der Waals surface area contributed by atoms with Gasteiger partial charge in [-0.2, -0.15) is 0 Å². The molecule has 34 heavy (non-hydrogen) atoms. The summed E-state index contributed by atoms with van der Waals surface area (Å²) in [6.45, 7) is 3.17. The molecule has 6 nitrogen and oxygen atoms in total. The topological polar surface area (TPSA) is 65.1 Å². The van der Waals surface area contributed by atoms with Crippen LogP contribution < -0.4 is 4.90 Å². The number of H-pyrrole nitrogens is 1. The van der Waals surface area contributed by atoms with E-state index >= 15 is 0 Å². The number of carbonyl (C=O) groups is 1. The van der Waals surface area contributed by atoms with Gasteiger partial charge < -0.3 is 14.8 Å². The SMILES string of the molecule is O=C1N(Cc2ccccc2-c2ccc[nH]2)CCCC12CCN(c1cnc3ccccc3n1)CC2. The Kier molecular flexibility index (Phi) is 5.28. The first kappa shape index (κ1) is 20.9. The fraction of sp³-hybridized carbons (Fsp3) is 0.321. The Morgan fingerprint density at radius 1 is 0.882 bits per heavy atom. The van der Waals surface area contributed by atoms with Crippen LogP contribution in [-0.2, 0) is 11.3 Å². The van der Waals surface area contributed by atoms with Gasteiger partial charge in [-0.1, -0.05) is 36.4 Å². The number of amides is 1. The van der Waals surface area contributed by atoms with Crippen molar-refractivity contribution in [3.8, 4) is 11.3 Å². The van der Waals surface area contributed by atoms with E-state index in [0.717, 1.165) is 67.9 Å². The highest BCUT2D eigenvalue weighted by molar-refractivity contribution is 5.84. The number of likely N-dealkylation sites (tertiary alicyclic amines) is 1. The van der Waals surface area contributed by atoms with E-state index in [2.05, 4.69) is 50.1 Å². The third-order valence-electron chi connectivity index (χ3n) is 7.57. The van der Waals surface area contributed by atoms with Crippen LogP contribution >= 0.6 is 0 Å². The Labute approximate surface area is 199 Å². The molecular weight excluding hydrogens is 422 g/mol. The monoisotopic (exact) mass is 451 g/mol. The van der Waals surface area contributed by atoms with Crippen molar-refractivity contribution in [3.05, 3.63) is 78.6 Å². The summed E-state index contributed by atoms with van der Waals surface area (Å²) in [7, 11) is 0. The van der Waals surface area contributed by atoms with Crippen LogP contribution in [0.4, 0.5) is 5.82 Å². The van der Waals surface area contributed by atoms with Crippen molar-refractivity contribution in [1.29, 1.82) is 0 Å². The Bertz CT molecular complexity index is 1310. The molecule has 2 saturated heterocycles. The summed E-state index contributed by atoms with van der Waals surface area (Å²) in [5.74, 6) is 1.23. The number of anilines is 1. The molecule has 6 heteroatoms. The minimum absolute atomic E-state index is 0.250. The fourth-order valence-corrected chi connectivity index (χ4v) is 5.65.